The number of hydrogen-bond donors (Lipinski definition) is 0. The van der Waals surface area contributed by atoms with Crippen molar-refractivity contribution in [3.63, 3.8) is 0 Å². The Morgan fingerprint density at radius 3 is 0.781 bits per heavy atom. The lowest BCUT2D eigenvalue weighted by Crippen LogP contribution is -2.04. The largest absolute Gasteiger partial charge is 0.458 e. The lowest BCUT2D eigenvalue weighted by Gasteiger charge is -2.05. The number of hydrogen-bond acceptors (Lipinski definition) is 2. The van der Waals surface area contributed by atoms with Gasteiger partial charge in [-0.05, 0) is 230 Å². The summed E-state index contributed by atoms with van der Waals surface area (Å²) in [5, 5.41) is 0. The van der Waals surface area contributed by atoms with Crippen molar-refractivity contribution in [1.29, 1.82) is 0 Å². The van der Waals surface area contributed by atoms with E-state index < -0.39 is 0 Å². The van der Waals surface area contributed by atoms with Gasteiger partial charge in [0, 0.05) is 0 Å². The van der Waals surface area contributed by atoms with E-state index in [9.17, 15) is 4.79 Å². The Morgan fingerprint density at radius 2 is 0.547 bits per heavy atom. The molecule has 0 amide bonds. The molecule has 0 heterocycles. The highest BCUT2D eigenvalue weighted by Crippen LogP contribution is 2.19. The molecule has 0 aliphatic carbocycles. The molecule has 354 valence electrons. The minimum atomic E-state index is -0.270. The monoisotopic (exact) mass is 871 g/mol. The maximum atomic E-state index is 12.1. The fourth-order valence-corrected chi connectivity index (χ4v) is 7.44. The standard InChI is InChI=1S/C62H94O2/c1-50(2)26-16-27-51(3)28-17-29-52(4)30-18-31-53(5)32-19-33-54(6)34-20-35-55(7)36-21-37-56(8)38-22-39-57(9)40-23-41-58(10)42-24-43-59(11)44-25-45-60(12)48-49-64-62(63)61-46-14-13-15-47-61/h13-15,26,28,30,32,34,36,38,40,42,44,46-48H,16-25,27,29,31,33,35,37,39,41,43,45,49H2,1-12H3/b51-28+,52-30+,53-32+,54-34+,55-36+,56-38+,57-40+,58-42+,59-44+,60-48+. The van der Waals surface area contributed by atoms with E-state index in [-0.39, 0.29) is 5.97 Å². The summed E-state index contributed by atoms with van der Waals surface area (Å²) in [4.78, 5) is 12.1. The minimum absolute atomic E-state index is 0.270. The van der Waals surface area contributed by atoms with E-state index in [1.54, 1.807) is 12.1 Å². The zero-order valence-electron chi connectivity index (χ0n) is 43.4. The highest BCUT2D eigenvalue weighted by molar-refractivity contribution is 5.89. The van der Waals surface area contributed by atoms with Crippen molar-refractivity contribution in [3.8, 4) is 0 Å². The molecule has 0 atom stereocenters. The van der Waals surface area contributed by atoms with Gasteiger partial charge in [0.05, 0.1) is 5.56 Å². The highest BCUT2D eigenvalue weighted by Gasteiger charge is 2.04. The zero-order chi connectivity index (χ0) is 47.4. The van der Waals surface area contributed by atoms with Gasteiger partial charge >= 0.3 is 5.97 Å². The maximum Gasteiger partial charge on any atom is 0.338 e. The summed E-state index contributed by atoms with van der Waals surface area (Å²) >= 11 is 0. The fraction of sp³-hybridized carbons (Fsp3) is 0.532. The molecule has 0 aromatic heterocycles. The Hall–Kier alpha value is -4.17. The van der Waals surface area contributed by atoms with Gasteiger partial charge in [0.1, 0.15) is 6.61 Å². The number of carbonyl (C=O) groups excluding carboxylic acids is 1. The van der Waals surface area contributed by atoms with Crippen LogP contribution < -0.4 is 0 Å². The molecule has 0 aliphatic rings. The molecule has 1 rings (SSSR count). The molecule has 0 saturated heterocycles. The molecule has 1 aromatic rings. The second-order valence-electron chi connectivity index (χ2n) is 19.1. The van der Waals surface area contributed by atoms with Crippen molar-refractivity contribution in [1.82, 2.24) is 0 Å². The number of esters is 1. The quantitative estimate of drug-likeness (QED) is 0.0520. The van der Waals surface area contributed by atoms with Crippen LogP contribution in [0.5, 0.6) is 0 Å². The fourth-order valence-electron chi connectivity index (χ4n) is 7.44. The van der Waals surface area contributed by atoms with E-state index in [1.807, 2.05) is 24.3 Å². The van der Waals surface area contributed by atoms with Crippen LogP contribution in [0.1, 0.15) is 222 Å². The predicted molar refractivity (Wildman–Crippen MR) is 286 cm³/mol. The highest BCUT2D eigenvalue weighted by atomic mass is 16.5. The second kappa shape index (κ2) is 37.1. The Kier molecular flexibility index (Phi) is 33.5. The summed E-state index contributed by atoms with van der Waals surface area (Å²) < 4.78 is 5.38. The zero-order valence-corrected chi connectivity index (χ0v) is 43.4. The van der Waals surface area contributed by atoms with Crippen LogP contribution in [-0.4, -0.2) is 12.6 Å². The molecule has 0 unspecified atom stereocenters. The van der Waals surface area contributed by atoms with E-state index in [0.717, 1.165) is 89.9 Å². The Labute approximate surface area is 396 Å². The molecule has 0 radical (unpaired) electrons. The molecule has 0 fully saturated rings. The molecule has 0 aliphatic heterocycles. The third kappa shape index (κ3) is 34.3. The first-order valence-corrected chi connectivity index (χ1v) is 25.1. The third-order valence-electron chi connectivity index (χ3n) is 12.0. The van der Waals surface area contributed by atoms with Gasteiger partial charge in [-0.1, -0.05) is 140 Å². The van der Waals surface area contributed by atoms with Gasteiger partial charge in [0.15, 0.2) is 0 Å². The van der Waals surface area contributed by atoms with Gasteiger partial charge in [-0.2, -0.15) is 0 Å². The Morgan fingerprint density at radius 1 is 0.328 bits per heavy atom. The van der Waals surface area contributed by atoms with Gasteiger partial charge in [0.25, 0.3) is 0 Å². The SMILES string of the molecule is CC(C)=CCC/C(C)=C/CC/C(C)=C/CC/C(C)=C/CC/C(C)=C/CC/C(C)=C/CC/C(C)=C/CC/C(C)=C/CC/C(C)=C/CC/C(C)=C/CC/C(C)=C/COC(=O)c1ccccc1. The van der Waals surface area contributed by atoms with Crippen molar-refractivity contribution >= 4 is 5.97 Å². The molecule has 64 heavy (non-hydrogen) atoms. The molecule has 0 N–H and O–H groups in total. The lowest BCUT2D eigenvalue weighted by molar-refractivity contribution is 0.0549. The third-order valence-corrected chi connectivity index (χ3v) is 12.0. The van der Waals surface area contributed by atoms with Crippen LogP contribution in [0.4, 0.5) is 0 Å². The Balaban J connectivity index is 2.22. The van der Waals surface area contributed by atoms with Crippen LogP contribution in [-0.2, 0) is 4.74 Å². The smallest absolute Gasteiger partial charge is 0.338 e. The van der Waals surface area contributed by atoms with Crippen molar-refractivity contribution < 1.29 is 9.53 Å². The number of allylic oxidation sites excluding steroid dienone is 21. The minimum Gasteiger partial charge on any atom is -0.458 e. The van der Waals surface area contributed by atoms with Crippen LogP contribution in [0.15, 0.2) is 158 Å². The second-order valence-corrected chi connectivity index (χ2v) is 19.1. The first kappa shape index (κ1) is 57.8. The summed E-state index contributed by atoms with van der Waals surface area (Å²) in [7, 11) is 0. The summed E-state index contributed by atoms with van der Waals surface area (Å²) in [6, 6.07) is 9.16. The average molecular weight is 871 g/mol. The van der Waals surface area contributed by atoms with Crippen molar-refractivity contribution in [2.45, 2.75) is 212 Å². The molecule has 2 heteroatoms. The maximum absolute atomic E-state index is 12.1. The van der Waals surface area contributed by atoms with E-state index >= 15 is 0 Å². The van der Waals surface area contributed by atoms with E-state index in [2.05, 4.69) is 144 Å². The van der Waals surface area contributed by atoms with Gasteiger partial charge in [-0.15, -0.1) is 0 Å². The normalized spacial score (nSPS) is 14.4. The van der Waals surface area contributed by atoms with Crippen LogP contribution in [0.2, 0.25) is 0 Å². The molecule has 1 aromatic carbocycles. The van der Waals surface area contributed by atoms with Gasteiger partial charge in [-0.25, -0.2) is 4.79 Å². The van der Waals surface area contributed by atoms with Crippen LogP contribution >= 0.6 is 0 Å². The van der Waals surface area contributed by atoms with Gasteiger partial charge < -0.3 is 4.74 Å². The number of ether oxygens (including phenoxy) is 1. The van der Waals surface area contributed by atoms with Crippen molar-refractivity contribution in [2.75, 3.05) is 6.61 Å². The van der Waals surface area contributed by atoms with Crippen LogP contribution in [0.3, 0.4) is 0 Å². The topological polar surface area (TPSA) is 26.3 Å². The molecule has 0 saturated carbocycles. The van der Waals surface area contributed by atoms with E-state index in [1.165, 1.54) is 99.8 Å². The molecular weight excluding hydrogens is 777 g/mol. The molecular formula is C62H94O2. The van der Waals surface area contributed by atoms with Crippen LogP contribution in [0.25, 0.3) is 0 Å². The summed E-state index contributed by atoms with van der Waals surface area (Å²) in [5.74, 6) is -0.270. The van der Waals surface area contributed by atoms with Gasteiger partial charge in [-0.3, -0.25) is 0 Å². The molecule has 0 bridgehead atoms. The average Bonchev–Trinajstić information content (AvgIpc) is 3.23. The Bertz CT molecular complexity index is 1820. The number of carbonyl (C=O) groups is 1. The first-order chi connectivity index (χ1) is 30.6. The van der Waals surface area contributed by atoms with Crippen LogP contribution in [0, 0.1) is 0 Å². The number of rotatable bonds is 33. The van der Waals surface area contributed by atoms with E-state index in [0.29, 0.717) is 12.2 Å². The summed E-state index contributed by atoms with van der Waals surface area (Å²) in [5.41, 5.74) is 16.8. The first-order valence-electron chi connectivity index (χ1n) is 25.1. The molecule has 2 nitrogen and oxygen atoms in total. The predicted octanol–water partition coefficient (Wildman–Crippen LogP) is 20.1. The number of benzene rings is 1. The molecule has 0 spiro atoms. The summed E-state index contributed by atoms with van der Waals surface area (Å²) in [6.07, 6.45) is 49.1. The van der Waals surface area contributed by atoms with Gasteiger partial charge in [0.2, 0.25) is 0 Å². The summed E-state index contributed by atoms with van der Waals surface area (Å²) in [6.45, 7) is 27.4. The van der Waals surface area contributed by atoms with E-state index in [4.69, 9.17) is 4.74 Å². The lowest BCUT2D eigenvalue weighted by atomic mass is 10.0. The van der Waals surface area contributed by atoms with Crippen molar-refractivity contribution in [2.24, 2.45) is 0 Å². The van der Waals surface area contributed by atoms with Crippen molar-refractivity contribution in [3.05, 3.63) is 164 Å².